The second-order valence-electron chi connectivity index (χ2n) is 5.74. The highest BCUT2D eigenvalue weighted by Gasteiger charge is 2.23. The van der Waals surface area contributed by atoms with E-state index < -0.39 is 0 Å². The Hall–Kier alpha value is -1.78. The summed E-state index contributed by atoms with van der Waals surface area (Å²) in [6.07, 6.45) is 0. The van der Waals surface area contributed by atoms with Crippen molar-refractivity contribution in [2.24, 2.45) is 4.99 Å². The lowest BCUT2D eigenvalue weighted by atomic mass is 10.1. The van der Waals surface area contributed by atoms with E-state index in [-0.39, 0.29) is 0 Å². The fourth-order valence-electron chi connectivity index (χ4n) is 2.95. The molecule has 4 rings (SSSR count). The number of benzene rings is 2. The molecule has 1 saturated heterocycles. The molecule has 0 aromatic heterocycles. The average molecular weight is 309 g/mol. The minimum atomic E-state index is 1.01. The summed E-state index contributed by atoms with van der Waals surface area (Å²) in [4.78, 5) is 9.99. The molecule has 0 spiro atoms. The molecule has 0 bridgehead atoms. The van der Waals surface area contributed by atoms with Crippen molar-refractivity contribution < 1.29 is 0 Å². The Kier molecular flexibility index (Phi) is 3.64. The predicted octanol–water partition coefficient (Wildman–Crippen LogP) is 3.44. The standard InChI is InChI=1S/C18H19N3S/c1-13-6-7-16-14(12-13)18(21-10-8-19-9-11-21)20-15-4-2-3-5-17(15)22-16/h2-7,12,19H,8-11H2,1H3. The van der Waals surface area contributed by atoms with E-state index in [1.807, 2.05) is 11.8 Å². The summed E-state index contributed by atoms with van der Waals surface area (Å²) in [6, 6.07) is 15.1. The Bertz CT molecular complexity index is 733. The van der Waals surface area contributed by atoms with Crippen LogP contribution in [0.5, 0.6) is 0 Å². The lowest BCUT2D eigenvalue weighted by Gasteiger charge is -2.30. The number of amidine groups is 1. The van der Waals surface area contributed by atoms with Gasteiger partial charge in [-0.25, -0.2) is 4.99 Å². The highest BCUT2D eigenvalue weighted by atomic mass is 32.2. The van der Waals surface area contributed by atoms with Gasteiger partial charge in [0.05, 0.1) is 5.69 Å². The summed E-state index contributed by atoms with van der Waals surface area (Å²) in [5, 5.41) is 3.42. The van der Waals surface area contributed by atoms with E-state index in [9.17, 15) is 0 Å². The van der Waals surface area contributed by atoms with Gasteiger partial charge in [-0.3, -0.25) is 0 Å². The van der Waals surface area contributed by atoms with Gasteiger partial charge in [0, 0.05) is 41.5 Å². The predicted molar refractivity (Wildman–Crippen MR) is 92.4 cm³/mol. The van der Waals surface area contributed by atoms with Crippen molar-refractivity contribution in [2.45, 2.75) is 16.7 Å². The molecule has 1 fully saturated rings. The van der Waals surface area contributed by atoms with Crippen molar-refractivity contribution in [3.05, 3.63) is 53.6 Å². The number of aryl methyl sites for hydroxylation is 1. The number of piperazine rings is 1. The number of nitrogens with one attached hydrogen (secondary N) is 1. The fraction of sp³-hybridized carbons (Fsp3) is 0.278. The molecule has 3 nitrogen and oxygen atoms in total. The van der Waals surface area contributed by atoms with Crippen LogP contribution in [0.2, 0.25) is 0 Å². The van der Waals surface area contributed by atoms with Gasteiger partial charge in [0.2, 0.25) is 0 Å². The van der Waals surface area contributed by atoms with Gasteiger partial charge in [-0.05, 0) is 31.2 Å². The molecule has 2 aliphatic rings. The van der Waals surface area contributed by atoms with E-state index in [1.165, 1.54) is 20.9 Å². The first-order valence-corrected chi connectivity index (χ1v) is 8.55. The van der Waals surface area contributed by atoms with Gasteiger partial charge >= 0.3 is 0 Å². The van der Waals surface area contributed by atoms with Crippen molar-refractivity contribution in [1.82, 2.24) is 10.2 Å². The molecule has 1 N–H and O–H groups in total. The fourth-order valence-corrected chi connectivity index (χ4v) is 3.95. The second-order valence-corrected chi connectivity index (χ2v) is 6.83. The van der Waals surface area contributed by atoms with Gasteiger partial charge in [-0.2, -0.15) is 0 Å². The second kappa shape index (κ2) is 5.78. The molecule has 0 atom stereocenters. The topological polar surface area (TPSA) is 27.6 Å². The summed E-state index contributed by atoms with van der Waals surface area (Å²) in [5.74, 6) is 1.12. The Morgan fingerprint density at radius 2 is 1.86 bits per heavy atom. The number of aliphatic imine (C=N–C) groups is 1. The zero-order valence-corrected chi connectivity index (χ0v) is 13.5. The molecular formula is C18H19N3S. The van der Waals surface area contributed by atoms with Crippen molar-refractivity contribution in [1.29, 1.82) is 0 Å². The van der Waals surface area contributed by atoms with Crippen LogP contribution in [0.15, 0.2) is 57.2 Å². The SMILES string of the molecule is Cc1ccc2c(c1)C(N1CCNCC1)=Nc1ccccc1S2. The van der Waals surface area contributed by atoms with Crippen molar-refractivity contribution in [3.8, 4) is 0 Å². The summed E-state index contributed by atoms with van der Waals surface area (Å²) in [5.41, 5.74) is 3.63. The number of fused-ring (bicyclic) bond motifs is 2. The molecule has 2 aliphatic heterocycles. The quantitative estimate of drug-likeness (QED) is 0.808. The lowest BCUT2D eigenvalue weighted by Crippen LogP contribution is -2.46. The minimum absolute atomic E-state index is 1.01. The van der Waals surface area contributed by atoms with Crippen LogP contribution < -0.4 is 5.32 Å². The Morgan fingerprint density at radius 1 is 1.05 bits per heavy atom. The third-order valence-corrected chi connectivity index (χ3v) is 5.25. The maximum Gasteiger partial charge on any atom is 0.137 e. The molecule has 2 heterocycles. The normalized spacial score (nSPS) is 17.3. The molecular weight excluding hydrogens is 290 g/mol. The first kappa shape index (κ1) is 13.9. The van der Waals surface area contributed by atoms with E-state index in [1.54, 1.807) is 0 Å². The summed E-state index contributed by atoms with van der Waals surface area (Å²) < 4.78 is 0. The van der Waals surface area contributed by atoms with E-state index >= 15 is 0 Å². The largest absolute Gasteiger partial charge is 0.354 e. The van der Waals surface area contributed by atoms with Gasteiger partial charge in [0.1, 0.15) is 5.84 Å². The number of hydrogen-bond acceptors (Lipinski definition) is 4. The molecule has 22 heavy (non-hydrogen) atoms. The summed E-state index contributed by atoms with van der Waals surface area (Å²) in [7, 11) is 0. The highest BCUT2D eigenvalue weighted by molar-refractivity contribution is 7.99. The molecule has 0 aliphatic carbocycles. The first-order chi connectivity index (χ1) is 10.8. The van der Waals surface area contributed by atoms with Crippen molar-refractivity contribution in [2.75, 3.05) is 26.2 Å². The maximum absolute atomic E-state index is 5.04. The Balaban J connectivity index is 1.88. The molecule has 2 aromatic rings. The van der Waals surface area contributed by atoms with Gasteiger partial charge in [-0.15, -0.1) is 0 Å². The van der Waals surface area contributed by atoms with E-state index in [0.717, 1.165) is 37.7 Å². The number of nitrogens with zero attached hydrogens (tertiary/aromatic N) is 2. The summed E-state index contributed by atoms with van der Waals surface area (Å²) in [6.45, 7) is 6.22. The molecule has 0 unspecified atom stereocenters. The molecule has 0 radical (unpaired) electrons. The van der Waals surface area contributed by atoms with Crippen molar-refractivity contribution in [3.63, 3.8) is 0 Å². The van der Waals surface area contributed by atoms with E-state index in [4.69, 9.17) is 4.99 Å². The van der Waals surface area contributed by atoms with Crippen LogP contribution in [0.4, 0.5) is 5.69 Å². The van der Waals surface area contributed by atoms with Gasteiger partial charge < -0.3 is 10.2 Å². The minimum Gasteiger partial charge on any atom is -0.354 e. The molecule has 0 amide bonds. The van der Waals surface area contributed by atoms with Gasteiger partial charge in [0.25, 0.3) is 0 Å². The van der Waals surface area contributed by atoms with E-state index in [0.29, 0.717) is 0 Å². The first-order valence-electron chi connectivity index (χ1n) is 7.73. The number of para-hydroxylation sites is 1. The molecule has 2 aromatic carbocycles. The highest BCUT2D eigenvalue weighted by Crippen LogP contribution is 2.40. The molecule has 112 valence electrons. The van der Waals surface area contributed by atoms with Crippen molar-refractivity contribution >= 4 is 23.3 Å². The van der Waals surface area contributed by atoms with Gasteiger partial charge in [-0.1, -0.05) is 35.5 Å². The third kappa shape index (κ3) is 2.53. The number of hydrogen-bond donors (Lipinski definition) is 1. The molecule has 0 saturated carbocycles. The zero-order valence-electron chi connectivity index (χ0n) is 12.7. The maximum atomic E-state index is 5.04. The third-order valence-electron chi connectivity index (χ3n) is 4.10. The van der Waals surface area contributed by atoms with Crippen LogP contribution in [0.25, 0.3) is 0 Å². The average Bonchev–Trinajstić information content (AvgIpc) is 2.72. The molecule has 4 heteroatoms. The van der Waals surface area contributed by atoms with Crippen LogP contribution in [0.1, 0.15) is 11.1 Å². The smallest absolute Gasteiger partial charge is 0.137 e. The summed E-state index contributed by atoms with van der Waals surface area (Å²) >= 11 is 1.82. The van der Waals surface area contributed by atoms with E-state index in [2.05, 4.69) is 59.6 Å². The van der Waals surface area contributed by atoms with Crippen LogP contribution in [-0.2, 0) is 0 Å². The van der Waals surface area contributed by atoms with Crippen LogP contribution in [0, 0.1) is 6.92 Å². The van der Waals surface area contributed by atoms with Gasteiger partial charge in [0.15, 0.2) is 0 Å². The number of rotatable bonds is 0. The lowest BCUT2D eigenvalue weighted by molar-refractivity contribution is 0.358. The Morgan fingerprint density at radius 3 is 2.73 bits per heavy atom. The zero-order chi connectivity index (χ0) is 14.9. The van der Waals surface area contributed by atoms with Crippen LogP contribution >= 0.6 is 11.8 Å². The Labute approximate surface area is 135 Å². The van der Waals surface area contributed by atoms with Crippen LogP contribution in [0.3, 0.4) is 0 Å². The monoisotopic (exact) mass is 309 g/mol. The van der Waals surface area contributed by atoms with Crippen LogP contribution in [-0.4, -0.2) is 36.9 Å².